The molecule has 1 aromatic rings. The lowest BCUT2D eigenvalue weighted by Crippen LogP contribution is -2.42. The molecule has 0 aromatic heterocycles. The van der Waals surface area contributed by atoms with Gasteiger partial charge >= 0.3 is 6.03 Å². The van der Waals surface area contributed by atoms with E-state index in [4.69, 9.17) is 0 Å². The maximum absolute atomic E-state index is 12.3. The smallest absolute Gasteiger partial charge is 0.319 e. The topological polar surface area (TPSA) is 82.3 Å². The fraction of sp³-hybridized carbons (Fsp3) is 0.500. The largest absolute Gasteiger partial charge is 0.349 e. The van der Waals surface area contributed by atoms with Crippen molar-refractivity contribution in [3.63, 3.8) is 0 Å². The SMILES string of the molecule is O=C(Nc1cccc(C(=O)NC2CCNCC2)c1)NC1CC1. The molecular weight excluding hydrogens is 280 g/mol. The summed E-state index contributed by atoms with van der Waals surface area (Å²) in [5.41, 5.74) is 1.21. The first-order chi connectivity index (χ1) is 10.7. The number of anilines is 1. The van der Waals surface area contributed by atoms with Crippen LogP contribution < -0.4 is 21.3 Å². The minimum absolute atomic E-state index is 0.0850. The van der Waals surface area contributed by atoms with Crippen molar-refractivity contribution in [3.05, 3.63) is 29.8 Å². The van der Waals surface area contributed by atoms with Crippen molar-refractivity contribution in [1.82, 2.24) is 16.0 Å². The van der Waals surface area contributed by atoms with E-state index in [1.165, 1.54) is 0 Å². The number of benzene rings is 1. The number of hydrogen-bond acceptors (Lipinski definition) is 3. The first kappa shape index (κ1) is 14.8. The molecular formula is C16H22N4O2. The third kappa shape index (κ3) is 4.21. The minimum Gasteiger partial charge on any atom is -0.349 e. The summed E-state index contributed by atoms with van der Waals surface area (Å²) in [6.45, 7) is 1.88. The number of amides is 3. The van der Waals surface area contributed by atoms with E-state index < -0.39 is 0 Å². The minimum atomic E-state index is -0.210. The van der Waals surface area contributed by atoms with Gasteiger partial charge in [-0.05, 0) is 57.0 Å². The molecule has 1 heterocycles. The van der Waals surface area contributed by atoms with Gasteiger partial charge in [0.05, 0.1) is 0 Å². The molecule has 1 saturated heterocycles. The van der Waals surface area contributed by atoms with Gasteiger partial charge in [0.1, 0.15) is 0 Å². The summed E-state index contributed by atoms with van der Waals surface area (Å²) < 4.78 is 0. The zero-order valence-corrected chi connectivity index (χ0v) is 12.5. The average molecular weight is 302 g/mol. The third-order valence-electron chi connectivity index (χ3n) is 3.97. The Bertz CT molecular complexity index is 551. The number of nitrogens with one attached hydrogen (secondary N) is 4. The molecule has 1 saturated carbocycles. The normalized spacial score (nSPS) is 18.5. The highest BCUT2D eigenvalue weighted by Crippen LogP contribution is 2.19. The van der Waals surface area contributed by atoms with Crippen LogP contribution in [-0.4, -0.2) is 37.1 Å². The Labute approximate surface area is 130 Å². The van der Waals surface area contributed by atoms with Crippen LogP contribution in [0.1, 0.15) is 36.0 Å². The van der Waals surface area contributed by atoms with E-state index in [1.807, 2.05) is 0 Å². The molecule has 0 radical (unpaired) electrons. The van der Waals surface area contributed by atoms with Crippen LogP contribution in [0, 0.1) is 0 Å². The molecule has 0 spiro atoms. The van der Waals surface area contributed by atoms with Gasteiger partial charge in [-0.25, -0.2) is 4.79 Å². The van der Waals surface area contributed by atoms with E-state index in [0.29, 0.717) is 17.3 Å². The van der Waals surface area contributed by atoms with Gasteiger partial charge in [-0.15, -0.1) is 0 Å². The van der Waals surface area contributed by atoms with Gasteiger partial charge in [-0.3, -0.25) is 4.79 Å². The van der Waals surface area contributed by atoms with Gasteiger partial charge in [0.2, 0.25) is 0 Å². The summed E-state index contributed by atoms with van der Waals surface area (Å²) in [7, 11) is 0. The van der Waals surface area contributed by atoms with E-state index in [0.717, 1.165) is 38.8 Å². The molecule has 1 aliphatic carbocycles. The van der Waals surface area contributed by atoms with Crippen LogP contribution in [0.25, 0.3) is 0 Å². The molecule has 118 valence electrons. The second kappa shape index (κ2) is 6.79. The molecule has 1 aliphatic heterocycles. The van der Waals surface area contributed by atoms with Gasteiger partial charge in [0, 0.05) is 23.3 Å². The Hall–Kier alpha value is -2.08. The van der Waals surface area contributed by atoms with Gasteiger partial charge < -0.3 is 21.3 Å². The lowest BCUT2D eigenvalue weighted by molar-refractivity contribution is 0.0929. The highest BCUT2D eigenvalue weighted by atomic mass is 16.2. The van der Waals surface area contributed by atoms with Crippen LogP contribution in [0.15, 0.2) is 24.3 Å². The van der Waals surface area contributed by atoms with Gasteiger partial charge in [0.15, 0.2) is 0 Å². The van der Waals surface area contributed by atoms with E-state index in [2.05, 4.69) is 21.3 Å². The van der Waals surface area contributed by atoms with Gasteiger partial charge in [-0.2, -0.15) is 0 Å². The van der Waals surface area contributed by atoms with E-state index in [9.17, 15) is 9.59 Å². The van der Waals surface area contributed by atoms with E-state index >= 15 is 0 Å². The lowest BCUT2D eigenvalue weighted by atomic mass is 10.1. The molecule has 2 aliphatic rings. The molecule has 6 nitrogen and oxygen atoms in total. The van der Waals surface area contributed by atoms with Crippen LogP contribution in [-0.2, 0) is 0 Å². The van der Waals surface area contributed by atoms with Crippen LogP contribution in [0.3, 0.4) is 0 Å². The first-order valence-corrected chi connectivity index (χ1v) is 7.90. The molecule has 3 rings (SSSR count). The standard InChI is InChI=1S/C16H22N4O2/c21-15(18-13-6-8-17-9-7-13)11-2-1-3-14(10-11)20-16(22)19-12-4-5-12/h1-3,10,12-13,17H,4-9H2,(H,18,21)(H2,19,20,22). The fourth-order valence-corrected chi connectivity index (χ4v) is 2.55. The highest BCUT2D eigenvalue weighted by molar-refractivity contribution is 5.97. The summed E-state index contributed by atoms with van der Waals surface area (Å²) in [6.07, 6.45) is 4.00. The molecule has 22 heavy (non-hydrogen) atoms. The summed E-state index contributed by atoms with van der Waals surface area (Å²) in [5, 5.41) is 12.0. The monoisotopic (exact) mass is 302 g/mol. The van der Waals surface area contributed by atoms with Crippen LogP contribution in [0.2, 0.25) is 0 Å². The Morgan fingerprint density at radius 1 is 1.00 bits per heavy atom. The summed E-state index contributed by atoms with van der Waals surface area (Å²) in [4.78, 5) is 24.0. The van der Waals surface area contributed by atoms with E-state index in [-0.39, 0.29) is 18.0 Å². The number of carbonyl (C=O) groups excluding carboxylic acids is 2. The van der Waals surface area contributed by atoms with Crippen LogP contribution in [0.4, 0.5) is 10.5 Å². The molecule has 0 atom stereocenters. The van der Waals surface area contributed by atoms with Crippen LogP contribution in [0.5, 0.6) is 0 Å². The summed E-state index contributed by atoms with van der Waals surface area (Å²) in [5.74, 6) is -0.0850. The predicted octanol–water partition coefficient (Wildman–Crippen LogP) is 1.45. The maximum Gasteiger partial charge on any atom is 0.319 e. The predicted molar refractivity (Wildman–Crippen MR) is 85.0 cm³/mol. The number of urea groups is 1. The van der Waals surface area contributed by atoms with Crippen molar-refractivity contribution in [2.45, 2.75) is 37.8 Å². The Morgan fingerprint density at radius 3 is 2.45 bits per heavy atom. The first-order valence-electron chi connectivity index (χ1n) is 7.90. The molecule has 1 aromatic carbocycles. The van der Waals surface area contributed by atoms with Crippen molar-refractivity contribution in [2.24, 2.45) is 0 Å². The fourth-order valence-electron chi connectivity index (χ4n) is 2.55. The van der Waals surface area contributed by atoms with Gasteiger partial charge in [-0.1, -0.05) is 6.07 Å². The molecule has 2 fully saturated rings. The molecule has 0 unspecified atom stereocenters. The molecule has 0 bridgehead atoms. The quantitative estimate of drug-likeness (QED) is 0.679. The third-order valence-corrected chi connectivity index (χ3v) is 3.97. The zero-order chi connectivity index (χ0) is 15.4. The molecule has 6 heteroatoms. The Balaban J connectivity index is 1.57. The Kier molecular flexibility index (Phi) is 4.58. The number of piperidine rings is 1. The van der Waals surface area contributed by atoms with E-state index in [1.54, 1.807) is 24.3 Å². The average Bonchev–Trinajstić information content (AvgIpc) is 3.32. The number of hydrogen-bond donors (Lipinski definition) is 4. The van der Waals surface area contributed by atoms with Crippen LogP contribution >= 0.6 is 0 Å². The molecule has 4 N–H and O–H groups in total. The molecule has 3 amide bonds. The Morgan fingerprint density at radius 2 is 1.73 bits per heavy atom. The maximum atomic E-state index is 12.3. The van der Waals surface area contributed by atoms with Crippen molar-refractivity contribution in [1.29, 1.82) is 0 Å². The second-order valence-corrected chi connectivity index (χ2v) is 5.95. The summed E-state index contributed by atoms with van der Waals surface area (Å²) >= 11 is 0. The van der Waals surface area contributed by atoms with Gasteiger partial charge in [0.25, 0.3) is 5.91 Å². The second-order valence-electron chi connectivity index (χ2n) is 5.95. The number of rotatable bonds is 4. The zero-order valence-electron chi connectivity index (χ0n) is 12.5. The number of carbonyl (C=O) groups is 2. The highest BCUT2D eigenvalue weighted by Gasteiger charge is 2.23. The van der Waals surface area contributed by atoms with Crippen molar-refractivity contribution in [2.75, 3.05) is 18.4 Å². The summed E-state index contributed by atoms with van der Waals surface area (Å²) in [6, 6.07) is 7.37. The van der Waals surface area contributed by atoms with Crippen molar-refractivity contribution < 1.29 is 9.59 Å². The van der Waals surface area contributed by atoms with Crippen molar-refractivity contribution in [3.8, 4) is 0 Å². The lowest BCUT2D eigenvalue weighted by Gasteiger charge is -2.23. The van der Waals surface area contributed by atoms with Crippen molar-refractivity contribution >= 4 is 17.6 Å².